The summed E-state index contributed by atoms with van der Waals surface area (Å²) in [5.41, 5.74) is 1.44. The van der Waals surface area contributed by atoms with Gasteiger partial charge in [-0.1, -0.05) is 30.3 Å². The molecular weight excluding hydrogens is 320 g/mol. The van der Waals surface area contributed by atoms with Gasteiger partial charge in [0.1, 0.15) is 6.67 Å². The van der Waals surface area contributed by atoms with Crippen molar-refractivity contribution in [3.05, 3.63) is 42.6 Å². The molecule has 1 unspecified atom stereocenters. The van der Waals surface area contributed by atoms with Crippen molar-refractivity contribution in [2.75, 3.05) is 32.7 Å². The topological polar surface area (TPSA) is 13.0 Å². The summed E-state index contributed by atoms with van der Waals surface area (Å²) in [5.74, 6) is 0. The Morgan fingerprint density at radius 2 is 1.77 bits per heavy atom. The van der Waals surface area contributed by atoms with Gasteiger partial charge in [-0.15, -0.1) is 0 Å². The number of nitrogens with zero attached hydrogens (tertiary/aromatic N) is 4. The quantitative estimate of drug-likeness (QED) is 0.805. The van der Waals surface area contributed by atoms with Crippen molar-refractivity contribution in [1.29, 1.82) is 0 Å². The summed E-state index contributed by atoms with van der Waals surface area (Å²) in [4.78, 5) is 10.2. The minimum absolute atomic E-state index is 0.496. The number of piperidine rings is 1. The molecule has 3 aliphatic rings. The van der Waals surface area contributed by atoms with Crippen LogP contribution in [0, 0.1) is 6.67 Å². The van der Waals surface area contributed by atoms with E-state index in [0.717, 1.165) is 25.7 Å². The highest BCUT2D eigenvalue weighted by Crippen LogP contribution is 2.27. The molecule has 0 N–H and O–H groups in total. The molecule has 3 aliphatic heterocycles. The Morgan fingerprint density at radius 1 is 1.00 bits per heavy atom. The fourth-order valence-corrected chi connectivity index (χ4v) is 4.94. The summed E-state index contributed by atoms with van der Waals surface area (Å²) in [6, 6.07) is 12.3. The molecule has 0 amide bonds. The van der Waals surface area contributed by atoms with Crippen LogP contribution in [0.5, 0.6) is 0 Å². The van der Waals surface area contributed by atoms with E-state index in [-0.39, 0.29) is 0 Å². The summed E-state index contributed by atoms with van der Waals surface area (Å²) < 4.78 is 0. The molecule has 2 radical (unpaired) electrons. The Kier molecular flexibility index (Phi) is 5.94. The van der Waals surface area contributed by atoms with Gasteiger partial charge in [0.2, 0.25) is 0 Å². The molecule has 0 spiro atoms. The molecule has 4 rings (SSSR count). The average molecular weight is 355 g/mol. The maximum absolute atomic E-state index is 3.73. The van der Waals surface area contributed by atoms with Crippen LogP contribution in [0.3, 0.4) is 0 Å². The Hall–Kier alpha value is -0.940. The van der Waals surface area contributed by atoms with E-state index in [1.54, 1.807) is 0 Å². The lowest BCUT2D eigenvalue weighted by atomic mass is 10.0. The van der Waals surface area contributed by atoms with Crippen LogP contribution in [0.15, 0.2) is 30.3 Å². The molecule has 3 saturated heterocycles. The van der Waals surface area contributed by atoms with Crippen LogP contribution in [-0.4, -0.2) is 70.6 Å². The van der Waals surface area contributed by atoms with Gasteiger partial charge in [0.15, 0.2) is 0 Å². The molecule has 142 valence electrons. The molecule has 2 atom stereocenters. The number of likely N-dealkylation sites (tertiary alicyclic amines) is 2. The van der Waals surface area contributed by atoms with E-state index in [0.29, 0.717) is 12.2 Å². The SMILES string of the molecule is CC(N1[C]N(C2CCN(Cc3ccccc3)CC2)CC1)N1CCC[C@@H]1C. The smallest absolute Gasteiger partial charge is 0.148 e. The van der Waals surface area contributed by atoms with Crippen LogP contribution in [0.1, 0.15) is 45.1 Å². The summed E-state index contributed by atoms with van der Waals surface area (Å²) in [6.07, 6.45) is 5.73. The molecule has 3 heterocycles. The Bertz CT molecular complexity index is 555. The van der Waals surface area contributed by atoms with E-state index < -0.39 is 0 Å². The van der Waals surface area contributed by atoms with Crippen molar-refractivity contribution >= 4 is 0 Å². The van der Waals surface area contributed by atoms with Crippen LogP contribution in [0.25, 0.3) is 0 Å². The van der Waals surface area contributed by atoms with E-state index in [1.165, 1.54) is 50.9 Å². The van der Waals surface area contributed by atoms with Gasteiger partial charge in [0.05, 0.1) is 6.17 Å². The normalized spacial score (nSPS) is 28.8. The van der Waals surface area contributed by atoms with Gasteiger partial charge in [-0.3, -0.25) is 19.6 Å². The second-order valence-corrected chi connectivity index (χ2v) is 8.34. The van der Waals surface area contributed by atoms with Gasteiger partial charge in [-0.05, 0) is 64.7 Å². The molecule has 26 heavy (non-hydrogen) atoms. The number of rotatable bonds is 5. The van der Waals surface area contributed by atoms with Gasteiger partial charge in [-0.2, -0.15) is 0 Å². The first-order valence-corrected chi connectivity index (χ1v) is 10.5. The van der Waals surface area contributed by atoms with Gasteiger partial charge >= 0.3 is 0 Å². The second kappa shape index (κ2) is 8.39. The zero-order valence-electron chi connectivity index (χ0n) is 16.5. The first-order valence-electron chi connectivity index (χ1n) is 10.5. The monoisotopic (exact) mass is 354 g/mol. The minimum Gasteiger partial charge on any atom is -0.299 e. The third-order valence-corrected chi connectivity index (χ3v) is 6.62. The molecule has 0 aromatic heterocycles. The molecule has 1 aromatic carbocycles. The zero-order valence-corrected chi connectivity index (χ0v) is 16.5. The number of hydrogen-bond donors (Lipinski definition) is 0. The zero-order chi connectivity index (χ0) is 17.9. The molecule has 1 aromatic rings. The van der Waals surface area contributed by atoms with Crippen molar-refractivity contribution in [2.24, 2.45) is 0 Å². The lowest BCUT2D eigenvalue weighted by Gasteiger charge is -2.37. The molecule has 3 fully saturated rings. The summed E-state index contributed by atoms with van der Waals surface area (Å²) in [6.45, 7) is 15.5. The number of hydrogen-bond acceptors (Lipinski definition) is 4. The van der Waals surface area contributed by atoms with Crippen LogP contribution in [-0.2, 0) is 6.54 Å². The van der Waals surface area contributed by atoms with Gasteiger partial charge in [-0.25, -0.2) is 0 Å². The fraction of sp³-hybridized carbons (Fsp3) is 0.682. The standard InChI is InChI=1S/C22H34N4/c1-19-7-6-12-26(19)20(2)24-15-16-25(18-24)22-10-13-23(14-11-22)17-21-8-4-3-5-9-21/h3-5,8-9,19-20,22H,6-7,10-17H2,1-2H3/t19-,20?/m0/s1. The third kappa shape index (κ3) is 4.14. The van der Waals surface area contributed by atoms with Crippen LogP contribution < -0.4 is 0 Å². The maximum atomic E-state index is 3.73. The van der Waals surface area contributed by atoms with Crippen LogP contribution in [0.4, 0.5) is 0 Å². The van der Waals surface area contributed by atoms with E-state index in [9.17, 15) is 0 Å². The highest BCUT2D eigenvalue weighted by Gasteiger charge is 2.36. The molecule has 0 aliphatic carbocycles. The highest BCUT2D eigenvalue weighted by molar-refractivity contribution is 5.14. The molecule has 4 heteroatoms. The molecular formula is C22H34N4. The van der Waals surface area contributed by atoms with Crippen LogP contribution in [0.2, 0.25) is 0 Å². The highest BCUT2D eigenvalue weighted by atomic mass is 15.5. The molecule has 4 nitrogen and oxygen atoms in total. The first-order chi connectivity index (χ1) is 12.7. The van der Waals surface area contributed by atoms with Crippen molar-refractivity contribution in [3.63, 3.8) is 0 Å². The predicted molar refractivity (Wildman–Crippen MR) is 106 cm³/mol. The predicted octanol–water partition coefficient (Wildman–Crippen LogP) is 3.10. The van der Waals surface area contributed by atoms with Gasteiger partial charge in [0.25, 0.3) is 0 Å². The third-order valence-electron chi connectivity index (χ3n) is 6.62. The summed E-state index contributed by atoms with van der Waals surface area (Å²) >= 11 is 0. The summed E-state index contributed by atoms with van der Waals surface area (Å²) in [7, 11) is 0. The average Bonchev–Trinajstić information content (AvgIpc) is 3.32. The Balaban J connectivity index is 1.24. The largest absolute Gasteiger partial charge is 0.299 e. The fourth-order valence-electron chi connectivity index (χ4n) is 4.94. The van der Waals surface area contributed by atoms with Gasteiger partial charge in [0, 0.05) is 31.7 Å². The molecule has 0 bridgehead atoms. The minimum atomic E-state index is 0.496. The Morgan fingerprint density at radius 3 is 2.46 bits per heavy atom. The second-order valence-electron chi connectivity index (χ2n) is 8.34. The van der Waals surface area contributed by atoms with Crippen molar-refractivity contribution < 1.29 is 0 Å². The first kappa shape index (κ1) is 18.4. The van der Waals surface area contributed by atoms with Crippen LogP contribution >= 0.6 is 0 Å². The number of benzene rings is 1. The molecule has 0 saturated carbocycles. The van der Waals surface area contributed by atoms with Crippen molar-refractivity contribution in [1.82, 2.24) is 19.6 Å². The lowest BCUT2D eigenvalue weighted by molar-refractivity contribution is 0.0700. The van der Waals surface area contributed by atoms with Gasteiger partial charge < -0.3 is 0 Å². The maximum Gasteiger partial charge on any atom is 0.148 e. The van der Waals surface area contributed by atoms with Crippen molar-refractivity contribution in [2.45, 2.75) is 64.3 Å². The van der Waals surface area contributed by atoms with E-state index in [1.807, 2.05) is 0 Å². The Labute approximate surface area is 159 Å². The van der Waals surface area contributed by atoms with E-state index in [4.69, 9.17) is 0 Å². The van der Waals surface area contributed by atoms with E-state index in [2.05, 4.69) is 70.4 Å². The summed E-state index contributed by atoms with van der Waals surface area (Å²) in [5, 5.41) is 0. The van der Waals surface area contributed by atoms with Crippen molar-refractivity contribution in [3.8, 4) is 0 Å². The lowest BCUT2D eigenvalue weighted by Crippen LogP contribution is -2.47. The van der Waals surface area contributed by atoms with E-state index >= 15 is 0 Å².